The zero-order valence-corrected chi connectivity index (χ0v) is 13.5. The topological polar surface area (TPSA) is 38.3 Å². The van der Waals surface area contributed by atoms with Crippen molar-refractivity contribution in [2.45, 2.75) is 25.6 Å². The van der Waals surface area contributed by atoms with Crippen LogP contribution in [0.1, 0.15) is 18.9 Å². The van der Waals surface area contributed by atoms with Crippen molar-refractivity contribution in [3.63, 3.8) is 0 Å². The highest BCUT2D eigenvalue weighted by Crippen LogP contribution is 2.36. The average molecular weight is 358 g/mol. The van der Waals surface area contributed by atoms with Gasteiger partial charge in [0.15, 0.2) is 6.10 Å². The lowest BCUT2D eigenvalue weighted by molar-refractivity contribution is -0.137. The summed E-state index contributed by atoms with van der Waals surface area (Å²) in [5.74, 6) is -0.0246. The lowest BCUT2D eigenvalue weighted by Crippen LogP contribution is -2.32. The van der Waals surface area contributed by atoms with E-state index in [9.17, 15) is 18.0 Å². The van der Waals surface area contributed by atoms with Gasteiger partial charge >= 0.3 is 6.18 Å². The van der Waals surface area contributed by atoms with Crippen LogP contribution >= 0.6 is 11.6 Å². The van der Waals surface area contributed by atoms with E-state index < -0.39 is 28.8 Å². The van der Waals surface area contributed by atoms with Crippen LogP contribution in [-0.2, 0) is 11.0 Å². The van der Waals surface area contributed by atoms with Gasteiger partial charge in [-0.1, -0.05) is 36.7 Å². The molecule has 1 N–H and O–H groups in total. The van der Waals surface area contributed by atoms with E-state index in [1.165, 1.54) is 6.07 Å². The van der Waals surface area contributed by atoms with Crippen molar-refractivity contribution in [3.05, 3.63) is 59.1 Å². The number of benzene rings is 2. The summed E-state index contributed by atoms with van der Waals surface area (Å²) in [5.41, 5.74) is -0.995. The van der Waals surface area contributed by atoms with Crippen molar-refractivity contribution in [2.24, 2.45) is 0 Å². The molecule has 0 spiro atoms. The molecule has 0 heterocycles. The highest BCUT2D eigenvalue weighted by atomic mass is 35.5. The fraction of sp³-hybridized carbons (Fsp3) is 0.235. The van der Waals surface area contributed by atoms with Crippen LogP contribution in [0.4, 0.5) is 18.9 Å². The molecule has 0 aliphatic carbocycles. The molecule has 1 amide bonds. The summed E-state index contributed by atoms with van der Waals surface area (Å²) in [6.07, 6.45) is -5.06. The van der Waals surface area contributed by atoms with Crippen molar-refractivity contribution in [1.82, 2.24) is 0 Å². The minimum Gasteiger partial charge on any atom is -0.481 e. The molecule has 0 saturated heterocycles. The van der Waals surface area contributed by atoms with E-state index in [1.807, 2.05) is 0 Å². The van der Waals surface area contributed by atoms with Gasteiger partial charge in [0, 0.05) is 5.69 Å². The first kappa shape index (κ1) is 18.1. The molecule has 0 aromatic heterocycles. The van der Waals surface area contributed by atoms with Crippen LogP contribution in [0.2, 0.25) is 5.02 Å². The number of nitrogens with one attached hydrogen (secondary N) is 1. The Morgan fingerprint density at radius 3 is 2.46 bits per heavy atom. The summed E-state index contributed by atoms with van der Waals surface area (Å²) in [7, 11) is 0. The lowest BCUT2D eigenvalue weighted by Gasteiger charge is -2.18. The van der Waals surface area contributed by atoms with Gasteiger partial charge in [-0.05, 0) is 36.8 Å². The van der Waals surface area contributed by atoms with Gasteiger partial charge in [0.1, 0.15) is 5.75 Å². The van der Waals surface area contributed by atoms with Gasteiger partial charge in [-0.15, -0.1) is 0 Å². The van der Waals surface area contributed by atoms with E-state index in [1.54, 1.807) is 37.3 Å². The van der Waals surface area contributed by atoms with Crippen LogP contribution in [0.3, 0.4) is 0 Å². The van der Waals surface area contributed by atoms with E-state index in [-0.39, 0.29) is 5.69 Å². The molecule has 0 aliphatic rings. The van der Waals surface area contributed by atoms with E-state index in [0.29, 0.717) is 12.2 Å². The molecule has 2 aromatic carbocycles. The van der Waals surface area contributed by atoms with Crippen molar-refractivity contribution in [2.75, 3.05) is 5.32 Å². The second-order valence-electron chi connectivity index (χ2n) is 5.01. The van der Waals surface area contributed by atoms with Crippen molar-refractivity contribution >= 4 is 23.2 Å². The molecule has 0 radical (unpaired) electrons. The maximum atomic E-state index is 12.9. The molecule has 0 saturated carbocycles. The number of rotatable bonds is 5. The molecular weight excluding hydrogens is 343 g/mol. The summed E-state index contributed by atoms with van der Waals surface area (Å²) in [4.78, 5) is 12.2. The number of carbonyl (C=O) groups excluding carboxylic acids is 1. The van der Waals surface area contributed by atoms with Crippen molar-refractivity contribution < 1.29 is 22.7 Å². The molecule has 2 rings (SSSR count). The van der Waals surface area contributed by atoms with Crippen LogP contribution in [0.25, 0.3) is 0 Å². The third-order valence-electron chi connectivity index (χ3n) is 3.22. The largest absolute Gasteiger partial charge is 0.481 e. The third-order valence-corrected chi connectivity index (χ3v) is 3.55. The van der Waals surface area contributed by atoms with Gasteiger partial charge in [-0.3, -0.25) is 4.79 Å². The van der Waals surface area contributed by atoms with E-state index >= 15 is 0 Å². The zero-order chi connectivity index (χ0) is 17.7. The second kappa shape index (κ2) is 7.57. The second-order valence-corrected chi connectivity index (χ2v) is 5.42. The number of anilines is 1. The number of ether oxygens (including phenoxy) is 1. The highest BCUT2D eigenvalue weighted by Gasteiger charge is 2.33. The van der Waals surface area contributed by atoms with Crippen molar-refractivity contribution in [1.29, 1.82) is 0 Å². The minimum absolute atomic E-state index is 0.00633. The van der Waals surface area contributed by atoms with Gasteiger partial charge in [0.25, 0.3) is 5.91 Å². The Morgan fingerprint density at radius 1 is 1.21 bits per heavy atom. The van der Waals surface area contributed by atoms with Crippen LogP contribution < -0.4 is 10.1 Å². The number of hydrogen-bond acceptors (Lipinski definition) is 2. The smallest absolute Gasteiger partial charge is 0.417 e. The predicted molar refractivity (Wildman–Crippen MR) is 86.2 cm³/mol. The van der Waals surface area contributed by atoms with Gasteiger partial charge in [-0.25, -0.2) is 0 Å². The normalized spacial score (nSPS) is 12.5. The van der Waals surface area contributed by atoms with Crippen LogP contribution in [-0.4, -0.2) is 12.0 Å². The maximum Gasteiger partial charge on any atom is 0.417 e. The van der Waals surface area contributed by atoms with Crippen molar-refractivity contribution in [3.8, 4) is 5.75 Å². The Hall–Kier alpha value is -2.21. The molecule has 24 heavy (non-hydrogen) atoms. The molecule has 2 aromatic rings. The summed E-state index contributed by atoms with van der Waals surface area (Å²) in [6.45, 7) is 1.75. The fourth-order valence-corrected chi connectivity index (χ4v) is 2.25. The molecule has 0 fully saturated rings. The third kappa shape index (κ3) is 4.64. The minimum atomic E-state index is -4.59. The Morgan fingerprint density at radius 2 is 1.88 bits per heavy atom. The summed E-state index contributed by atoms with van der Waals surface area (Å²) in [6, 6.07) is 11.9. The first-order valence-corrected chi connectivity index (χ1v) is 7.58. The molecule has 0 unspecified atom stereocenters. The Kier molecular flexibility index (Phi) is 5.72. The monoisotopic (exact) mass is 357 g/mol. The molecule has 7 heteroatoms. The van der Waals surface area contributed by atoms with E-state index in [2.05, 4.69) is 5.32 Å². The van der Waals surface area contributed by atoms with Gasteiger partial charge in [-0.2, -0.15) is 13.2 Å². The first-order chi connectivity index (χ1) is 11.3. The quantitative estimate of drug-likeness (QED) is 0.803. The van der Waals surface area contributed by atoms with Gasteiger partial charge in [0.05, 0.1) is 10.6 Å². The number of halogens is 4. The molecular formula is C17H15ClF3NO2. The number of carbonyl (C=O) groups is 1. The molecule has 0 aliphatic heterocycles. The Labute approximate surface area is 142 Å². The first-order valence-electron chi connectivity index (χ1n) is 7.20. The SMILES string of the molecule is CC[C@@H](Oc1ccccc1)C(=O)Nc1ccc(Cl)c(C(F)(F)F)c1. The number of hydrogen-bond donors (Lipinski definition) is 1. The van der Waals surface area contributed by atoms with Gasteiger partial charge < -0.3 is 10.1 Å². The summed E-state index contributed by atoms with van der Waals surface area (Å²) in [5, 5.41) is 2.01. The summed E-state index contributed by atoms with van der Waals surface area (Å²) >= 11 is 5.56. The Balaban J connectivity index is 2.13. The predicted octanol–water partition coefficient (Wildman–Crippen LogP) is 5.15. The lowest BCUT2D eigenvalue weighted by atomic mass is 10.1. The Bertz CT molecular complexity index is 705. The zero-order valence-electron chi connectivity index (χ0n) is 12.7. The van der Waals surface area contributed by atoms with E-state index in [4.69, 9.17) is 16.3 Å². The summed E-state index contributed by atoms with van der Waals surface area (Å²) < 4.78 is 44.1. The maximum absolute atomic E-state index is 12.9. The van der Waals surface area contributed by atoms with Crippen LogP contribution in [0.5, 0.6) is 5.75 Å². The number of amides is 1. The van der Waals surface area contributed by atoms with E-state index in [0.717, 1.165) is 12.1 Å². The average Bonchev–Trinajstić information content (AvgIpc) is 2.54. The van der Waals surface area contributed by atoms with Gasteiger partial charge in [0.2, 0.25) is 0 Å². The van der Waals surface area contributed by atoms with Crippen LogP contribution in [0.15, 0.2) is 48.5 Å². The standard InChI is InChI=1S/C17H15ClF3NO2/c1-2-15(24-12-6-4-3-5-7-12)16(23)22-11-8-9-14(18)13(10-11)17(19,20)21/h3-10,15H,2H2,1H3,(H,22,23)/t15-/m1/s1. The molecule has 1 atom stereocenters. The molecule has 128 valence electrons. The van der Waals surface area contributed by atoms with Crippen LogP contribution in [0, 0.1) is 0 Å². The number of para-hydroxylation sites is 1. The fourth-order valence-electron chi connectivity index (χ4n) is 2.03. The number of alkyl halides is 3. The highest BCUT2D eigenvalue weighted by molar-refractivity contribution is 6.31. The molecule has 0 bridgehead atoms. The molecule has 3 nitrogen and oxygen atoms in total.